The molecule has 82 valence electrons. The van der Waals surface area contributed by atoms with Crippen LogP contribution in [0.1, 0.15) is 17.1 Å². The van der Waals surface area contributed by atoms with Crippen LogP contribution < -0.4 is 5.32 Å². The molecule has 1 saturated heterocycles. The third-order valence-corrected chi connectivity index (χ3v) is 3.35. The molecule has 2 rings (SSSR count). The van der Waals surface area contributed by atoms with Gasteiger partial charge in [0.05, 0.1) is 19.1 Å². The number of hydrogen-bond donors (Lipinski definition) is 1. The molecule has 0 aromatic carbocycles. The molecular formula is C10H14N2O2S. The number of rotatable bonds is 3. The highest BCUT2D eigenvalue weighted by molar-refractivity contribution is 7.09. The lowest BCUT2D eigenvalue weighted by atomic mass is 10.1. The molecule has 1 aromatic heterocycles. The maximum Gasteiger partial charge on any atom is 0.225 e. The van der Waals surface area contributed by atoms with Crippen LogP contribution in [0.15, 0.2) is 5.38 Å². The Morgan fingerprint density at radius 2 is 2.67 bits per heavy atom. The molecule has 15 heavy (non-hydrogen) atoms. The molecule has 0 aliphatic carbocycles. The monoisotopic (exact) mass is 226 g/mol. The van der Waals surface area contributed by atoms with Crippen molar-refractivity contribution in [1.82, 2.24) is 10.3 Å². The number of nitrogens with zero attached hydrogens (tertiary/aromatic N) is 1. The Morgan fingerprint density at radius 1 is 1.80 bits per heavy atom. The second kappa shape index (κ2) is 4.72. The van der Waals surface area contributed by atoms with E-state index in [-0.39, 0.29) is 11.8 Å². The molecule has 1 aromatic rings. The van der Waals surface area contributed by atoms with Crippen LogP contribution >= 0.6 is 11.3 Å². The number of nitrogens with one attached hydrogen (secondary N) is 1. The van der Waals surface area contributed by atoms with E-state index in [1.54, 1.807) is 11.3 Å². The van der Waals surface area contributed by atoms with E-state index in [9.17, 15) is 4.79 Å². The Hall–Kier alpha value is -0.940. The predicted molar refractivity (Wildman–Crippen MR) is 57.6 cm³/mol. The van der Waals surface area contributed by atoms with Crippen molar-refractivity contribution in [2.45, 2.75) is 19.9 Å². The lowest BCUT2D eigenvalue weighted by Crippen LogP contribution is -2.30. The summed E-state index contributed by atoms with van der Waals surface area (Å²) in [6.07, 6.45) is 0.836. The molecule has 1 aliphatic rings. The van der Waals surface area contributed by atoms with Crippen LogP contribution in [0.5, 0.6) is 0 Å². The van der Waals surface area contributed by atoms with E-state index in [4.69, 9.17) is 4.74 Å². The Labute approximate surface area is 92.7 Å². The molecule has 0 unspecified atom stereocenters. The van der Waals surface area contributed by atoms with Gasteiger partial charge in [0.2, 0.25) is 5.91 Å². The maximum atomic E-state index is 11.6. The Bertz CT molecular complexity index is 345. The van der Waals surface area contributed by atoms with Crippen LogP contribution in [-0.4, -0.2) is 24.1 Å². The van der Waals surface area contributed by atoms with E-state index in [1.165, 1.54) is 0 Å². The van der Waals surface area contributed by atoms with Gasteiger partial charge < -0.3 is 10.1 Å². The first-order chi connectivity index (χ1) is 7.25. The standard InChI is InChI=1S/C10H14N2O2S/c1-7-6-15-9(12-7)4-11-10(13)8-2-3-14-5-8/h6,8H,2-5H2,1H3,(H,11,13)/t8-/m0/s1. The minimum atomic E-state index is 0.0334. The zero-order chi connectivity index (χ0) is 10.7. The summed E-state index contributed by atoms with van der Waals surface area (Å²) >= 11 is 1.58. The fourth-order valence-corrected chi connectivity index (χ4v) is 2.24. The molecule has 1 aliphatic heterocycles. The minimum Gasteiger partial charge on any atom is -0.381 e. The van der Waals surface area contributed by atoms with Gasteiger partial charge in [0.25, 0.3) is 0 Å². The minimum absolute atomic E-state index is 0.0334. The lowest BCUT2D eigenvalue weighted by molar-refractivity contribution is -0.125. The zero-order valence-electron chi connectivity index (χ0n) is 8.66. The highest BCUT2D eigenvalue weighted by Crippen LogP contribution is 2.13. The number of aromatic nitrogens is 1. The molecule has 4 nitrogen and oxygen atoms in total. The molecule has 1 amide bonds. The van der Waals surface area contributed by atoms with Crippen molar-refractivity contribution in [2.75, 3.05) is 13.2 Å². The first-order valence-electron chi connectivity index (χ1n) is 5.02. The predicted octanol–water partition coefficient (Wildman–Crippen LogP) is 1.10. The van der Waals surface area contributed by atoms with E-state index in [0.29, 0.717) is 19.8 Å². The van der Waals surface area contributed by atoms with Crippen LogP contribution in [0.2, 0.25) is 0 Å². The summed E-state index contributed by atoms with van der Waals surface area (Å²) in [5.74, 6) is 0.117. The molecule has 0 bridgehead atoms. The normalized spacial score (nSPS) is 20.5. The number of amides is 1. The molecule has 0 saturated carbocycles. The fourth-order valence-electron chi connectivity index (χ4n) is 1.53. The number of carbonyl (C=O) groups excluding carboxylic acids is 1. The van der Waals surface area contributed by atoms with Gasteiger partial charge in [-0.1, -0.05) is 0 Å². The summed E-state index contributed by atoms with van der Waals surface area (Å²) in [4.78, 5) is 15.9. The van der Waals surface area contributed by atoms with E-state index < -0.39 is 0 Å². The van der Waals surface area contributed by atoms with E-state index >= 15 is 0 Å². The Balaban J connectivity index is 1.80. The summed E-state index contributed by atoms with van der Waals surface area (Å²) in [5.41, 5.74) is 1.01. The van der Waals surface area contributed by atoms with Gasteiger partial charge in [0.15, 0.2) is 0 Å². The molecule has 5 heteroatoms. The van der Waals surface area contributed by atoms with Crippen molar-refractivity contribution in [2.24, 2.45) is 5.92 Å². The summed E-state index contributed by atoms with van der Waals surface area (Å²) in [7, 11) is 0. The van der Waals surface area contributed by atoms with Crippen molar-refractivity contribution < 1.29 is 9.53 Å². The molecule has 2 heterocycles. The average molecular weight is 226 g/mol. The van der Waals surface area contributed by atoms with E-state index in [1.807, 2.05) is 12.3 Å². The van der Waals surface area contributed by atoms with Gasteiger partial charge in [0.1, 0.15) is 5.01 Å². The topological polar surface area (TPSA) is 51.2 Å². The third kappa shape index (κ3) is 2.76. The van der Waals surface area contributed by atoms with Crippen molar-refractivity contribution in [3.63, 3.8) is 0 Å². The van der Waals surface area contributed by atoms with Crippen LogP contribution in [0.3, 0.4) is 0 Å². The number of carbonyl (C=O) groups is 1. The molecule has 1 N–H and O–H groups in total. The Morgan fingerprint density at radius 3 is 3.27 bits per heavy atom. The zero-order valence-corrected chi connectivity index (χ0v) is 9.47. The fraction of sp³-hybridized carbons (Fsp3) is 0.600. The number of aryl methyl sites for hydroxylation is 1. The van der Waals surface area contributed by atoms with Gasteiger partial charge in [-0.05, 0) is 13.3 Å². The highest BCUT2D eigenvalue weighted by atomic mass is 32.1. The molecule has 0 radical (unpaired) electrons. The van der Waals surface area contributed by atoms with Gasteiger partial charge in [0, 0.05) is 17.7 Å². The summed E-state index contributed by atoms with van der Waals surface area (Å²) in [6, 6.07) is 0. The van der Waals surface area contributed by atoms with Gasteiger partial charge in [-0.3, -0.25) is 4.79 Å². The van der Waals surface area contributed by atoms with Crippen LogP contribution in [0.4, 0.5) is 0 Å². The van der Waals surface area contributed by atoms with Gasteiger partial charge in [-0.2, -0.15) is 0 Å². The molecule has 1 atom stereocenters. The third-order valence-electron chi connectivity index (χ3n) is 2.38. The van der Waals surface area contributed by atoms with Crippen LogP contribution in [0.25, 0.3) is 0 Å². The van der Waals surface area contributed by atoms with Crippen molar-refractivity contribution in [3.8, 4) is 0 Å². The van der Waals surface area contributed by atoms with Crippen LogP contribution in [0, 0.1) is 12.8 Å². The van der Waals surface area contributed by atoms with Crippen molar-refractivity contribution in [3.05, 3.63) is 16.1 Å². The Kier molecular flexibility index (Phi) is 3.33. The smallest absolute Gasteiger partial charge is 0.225 e. The van der Waals surface area contributed by atoms with E-state index in [2.05, 4.69) is 10.3 Å². The first-order valence-corrected chi connectivity index (χ1v) is 5.90. The quantitative estimate of drug-likeness (QED) is 0.839. The maximum absolute atomic E-state index is 11.6. The summed E-state index contributed by atoms with van der Waals surface area (Å²) in [6.45, 7) is 3.75. The number of thiazole rings is 1. The average Bonchev–Trinajstić information content (AvgIpc) is 2.84. The highest BCUT2D eigenvalue weighted by Gasteiger charge is 2.23. The molecule has 1 fully saturated rings. The first kappa shape index (κ1) is 10.6. The van der Waals surface area contributed by atoms with Gasteiger partial charge in [-0.25, -0.2) is 4.98 Å². The second-order valence-corrected chi connectivity index (χ2v) is 4.60. The largest absolute Gasteiger partial charge is 0.381 e. The summed E-state index contributed by atoms with van der Waals surface area (Å²) in [5, 5.41) is 5.83. The van der Waals surface area contributed by atoms with Gasteiger partial charge >= 0.3 is 0 Å². The van der Waals surface area contributed by atoms with Gasteiger partial charge in [-0.15, -0.1) is 11.3 Å². The molecule has 0 spiro atoms. The van der Waals surface area contributed by atoms with Crippen molar-refractivity contribution >= 4 is 17.2 Å². The number of ether oxygens (including phenoxy) is 1. The van der Waals surface area contributed by atoms with E-state index in [0.717, 1.165) is 17.1 Å². The van der Waals surface area contributed by atoms with Crippen molar-refractivity contribution in [1.29, 1.82) is 0 Å². The molecular weight excluding hydrogens is 212 g/mol. The SMILES string of the molecule is Cc1csc(CNC(=O)[C@H]2CCOC2)n1. The second-order valence-electron chi connectivity index (χ2n) is 3.66. The lowest BCUT2D eigenvalue weighted by Gasteiger charge is -2.07. The summed E-state index contributed by atoms with van der Waals surface area (Å²) < 4.78 is 5.16. The van der Waals surface area contributed by atoms with Crippen LogP contribution in [-0.2, 0) is 16.1 Å². The number of hydrogen-bond acceptors (Lipinski definition) is 4.